The first-order valence-electron chi connectivity index (χ1n) is 9.33. The van der Waals surface area contributed by atoms with E-state index in [1.807, 2.05) is 0 Å². The molecule has 2 aromatic carbocycles. The summed E-state index contributed by atoms with van der Waals surface area (Å²) in [5.74, 6) is -2.80. The molecular formula is C21H19BrClN3O5. The summed E-state index contributed by atoms with van der Waals surface area (Å²) in [4.78, 5) is 50.0. The number of hydrazine groups is 1. The number of hydrogen-bond acceptors (Lipinski definition) is 5. The Labute approximate surface area is 192 Å². The maximum absolute atomic E-state index is 12.4. The molecule has 0 aromatic heterocycles. The van der Waals surface area contributed by atoms with Gasteiger partial charge in [-0.05, 0) is 48.9 Å². The van der Waals surface area contributed by atoms with Crippen LogP contribution in [0.1, 0.15) is 22.3 Å². The zero-order valence-corrected chi connectivity index (χ0v) is 18.8. The molecule has 162 valence electrons. The summed E-state index contributed by atoms with van der Waals surface area (Å²) in [5.41, 5.74) is 6.15. The third-order valence-corrected chi connectivity index (χ3v) is 5.69. The topological polar surface area (TPSA) is 105 Å². The monoisotopic (exact) mass is 507 g/mol. The van der Waals surface area contributed by atoms with E-state index < -0.39 is 30.3 Å². The third kappa shape index (κ3) is 5.62. The van der Waals surface area contributed by atoms with Crippen LogP contribution in [0.4, 0.5) is 5.69 Å². The van der Waals surface area contributed by atoms with Gasteiger partial charge in [0.25, 0.3) is 11.8 Å². The molecule has 1 saturated heterocycles. The Morgan fingerprint density at radius 2 is 1.87 bits per heavy atom. The van der Waals surface area contributed by atoms with Crippen molar-refractivity contribution in [1.29, 1.82) is 0 Å². The first-order valence-corrected chi connectivity index (χ1v) is 10.5. The second-order valence-electron chi connectivity index (χ2n) is 6.91. The fourth-order valence-corrected chi connectivity index (χ4v) is 3.51. The summed E-state index contributed by atoms with van der Waals surface area (Å²) < 4.78 is 5.83. The van der Waals surface area contributed by atoms with Crippen molar-refractivity contribution >= 4 is 56.9 Å². The molecule has 0 unspecified atom stereocenters. The minimum Gasteiger partial charge on any atom is -0.455 e. The average molecular weight is 509 g/mol. The second kappa shape index (κ2) is 9.93. The number of nitrogens with zero attached hydrogens (tertiary/aromatic N) is 1. The van der Waals surface area contributed by atoms with Crippen molar-refractivity contribution in [3.63, 3.8) is 0 Å². The van der Waals surface area contributed by atoms with Crippen molar-refractivity contribution in [2.24, 2.45) is 5.92 Å². The van der Waals surface area contributed by atoms with Gasteiger partial charge in [-0.15, -0.1) is 0 Å². The Morgan fingerprint density at radius 1 is 1.16 bits per heavy atom. The van der Waals surface area contributed by atoms with Gasteiger partial charge in [-0.2, -0.15) is 0 Å². The molecule has 2 N–H and O–H groups in total. The first-order chi connectivity index (χ1) is 14.8. The lowest BCUT2D eigenvalue weighted by molar-refractivity contribution is -0.152. The number of halogens is 2. The number of rotatable bonds is 5. The highest BCUT2D eigenvalue weighted by molar-refractivity contribution is 9.10. The molecule has 1 aliphatic heterocycles. The second-order valence-corrected chi connectivity index (χ2v) is 8.23. The van der Waals surface area contributed by atoms with Gasteiger partial charge in [-0.1, -0.05) is 33.6 Å². The molecule has 3 amide bonds. The Morgan fingerprint density at radius 3 is 2.58 bits per heavy atom. The van der Waals surface area contributed by atoms with Gasteiger partial charge >= 0.3 is 5.97 Å². The van der Waals surface area contributed by atoms with Gasteiger partial charge in [-0.3, -0.25) is 30.0 Å². The van der Waals surface area contributed by atoms with E-state index in [9.17, 15) is 19.2 Å². The van der Waals surface area contributed by atoms with E-state index >= 15 is 0 Å². The van der Waals surface area contributed by atoms with Crippen LogP contribution in [-0.2, 0) is 19.1 Å². The van der Waals surface area contributed by atoms with Crippen molar-refractivity contribution in [2.75, 3.05) is 18.1 Å². The fraction of sp³-hybridized carbons (Fsp3) is 0.238. The number of carbonyl (C=O) groups excluding carboxylic acids is 4. The number of esters is 1. The minimum atomic E-state index is -0.703. The largest absolute Gasteiger partial charge is 0.455 e. The Kier molecular flexibility index (Phi) is 7.29. The maximum Gasteiger partial charge on any atom is 0.311 e. The van der Waals surface area contributed by atoms with Crippen LogP contribution in [0.25, 0.3) is 0 Å². The molecule has 0 radical (unpaired) electrons. The lowest BCUT2D eigenvalue weighted by Gasteiger charge is -2.19. The summed E-state index contributed by atoms with van der Waals surface area (Å²) >= 11 is 9.38. The molecule has 2 aromatic rings. The normalized spacial score (nSPS) is 15.5. The number of benzene rings is 2. The standard InChI is InChI=1S/C21H19BrClN3O5/c1-12-16(23)3-2-4-17(12)26-10-14(9-19(26)28)21(30)31-11-18(27)24-25-20(29)13-5-7-15(22)8-6-13/h2-8,14H,9-11H2,1H3,(H,24,27)(H,25,29)/t14-/m0/s1. The third-order valence-electron chi connectivity index (χ3n) is 4.76. The van der Waals surface area contributed by atoms with Crippen LogP contribution in [0.15, 0.2) is 46.9 Å². The number of ether oxygens (including phenoxy) is 1. The molecule has 1 atom stereocenters. The quantitative estimate of drug-likeness (QED) is 0.477. The lowest BCUT2D eigenvalue weighted by Crippen LogP contribution is -2.43. The highest BCUT2D eigenvalue weighted by atomic mass is 79.9. The summed E-state index contributed by atoms with van der Waals surface area (Å²) in [6.07, 6.45) is -0.0211. The van der Waals surface area contributed by atoms with Crippen LogP contribution in [-0.4, -0.2) is 36.8 Å². The van der Waals surface area contributed by atoms with Crippen LogP contribution >= 0.6 is 27.5 Å². The highest BCUT2D eigenvalue weighted by Gasteiger charge is 2.37. The molecule has 1 aliphatic rings. The Balaban J connectivity index is 1.47. The summed E-state index contributed by atoms with van der Waals surface area (Å²) in [5, 5.41) is 0.526. The SMILES string of the molecule is Cc1c(Cl)cccc1N1C[C@@H](C(=O)OCC(=O)NNC(=O)c2ccc(Br)cc2)CC1=O. The molecule has 0 aliphatic carbocycles. The van der Waals surface area contributed by atoms with Gasteiger partial charge in [0.05, 0.1) is 5.92 Å². The predicted octanol–water partition coefficient (Wildman–Crippen LogP) is 2.77. The molecule has 3 rings (SSSR count). The summed E-state index contributed by atoms with van der Waals surface area (Å²) in [6, 6.07) is 11.8. The molecule has 0 saturated carbocycles. The van der Waals surface area contributed by atoms with Crippen molar-refractivity contribution < 1.29 is 23.9 Å². The fourth-order valence-electron chi connectivity index (χ4n) is 3.08. The van der Waals surface area contributed by atoms with E-state index in [1.165, 1.54) is 4.90 Å². The zero-order valence-electron chi connectivity index (χ0n) is 16.5. The first kappa shape index (κ1) is 22.8. The average Bonchev–Trinajstić information content (AvgIpc) is 3.14. The van der Waals surface area contributed by atoms with E-state index in [0.717, 1.165) is 10.0 Å². The van der Waals surface area contributed by atoms with Crippen LogP contribution in [0.2, 0.25) is 5.02 Å². The van der Waals surface area contributed by atoms with E-state index in [4.69, 9.17) is 16.3 Å². The zero-order chi connectivity index (χ0) is 22.5. The molecule has 0 spiro atoms. The van der Waals surface area contributed by atoms with Crippen molar-refractivity contribution in [2.45, 2.75) is 13.3 Å². The van der Waals surface area contributed by atoms with Crippen molar-refractivity contribution in [3.05, 3.63) is 63.1 Å². The Bertz CT molecular complexity index is 1030. The van der Waals surface area contributed by atoms with Crippen LogP contribution in [0, 0.1) is 12.8 Å². The van der Waals surface area contributed by atoms with Crippen LogP contribution < -0.4 is 15.8 Å². The number of carbonyl (C=O) groups is 4. The minimum absolute atomic E-state index is 0.0211. The molecule has 31 heavy (non-hydrogen) atoms. The predicted molar refractivity (Wildman–Crippen MR) is 117 cm³/mol. The molecule has 10 heteroatoms. The maximum atomic E-state index is 12.4. The summed E-state index contributed by atoms with van der Waals surface area (Å²) in [7, 11) is 0. The van der Waals surface area contributed by atoms with E-state index in [0.29, 0.717) is 16.3 Å². The molecular weight excluding hydrogens is 490 g/mol. The van der Waals surface area contributed by atoms with Crippen LogP contribution in [0.3, 0.4) is 0 Å². The van der Waals surface area contributed by atoms with Gasteiger partial charge in [0.2, 0.25) is 5.91 Å². The van der Waals surface area contributed by atoms with Gasteiger partial charge in [0.1, 0.15) is 0 Å². The van der Waals surface area contributed by atoms with E-state index in [-0.39, 0.29) is 18.9 Å². The highest BCUT2D eigenvalue weighted by Crippen LogP contribution is 2.31. The summed E-state index contributed by atoms with van der Waals surface area (Å²) in [6.45, 7) is 1.35. The Hall–Kier alpha value is -2.91. The van der Waals surface area contributed by atoms with Gasteiger partial charge in [-0.25, -0.2) is 0 Å². The lowest BCUT2D eigenvalue weighted by atomic mass is 10.1. The van der Waals surface area contributed by atoms with Gasteiger partial charge < -0.3 is 9.64 Å². The molecule has 8 nitrogen and oxygen atoms in total. The molecule has 1 heterocycles. The van der Waals surface area contributed by atoms with E-state index in [2.05, 4.69) is 26.8 Å². The van der Waals surface area contributed by atoms with E-state index in [1.54, 1.807) is 49.4 Å². The molecule has 1 fully saturated rings. The molecule has 0 bridgehead atoms. The van der Waals surface area contributed by atoms with Crippen LogP contribution in [0.5, 0.6) is 0 Å². The number of nitrogens with one attached hydrogen (secondary N) is 2. The smallest absolute Gasteiger partial charge is 0.311 e. The number of hydrogen-bond donors (Lipinski definition) is 2. The van der Waals surface area contributed by atoms with Crippen molar-refractivity contribution in [3.8, 4) is 0 Å². The van der Waals surface area contributed by atoms with Gasteiger partial charge in [0.15, 0.2) is 6.61 Å². The number of anilines is 1. The van der Waals surface area contributed by atoms with Crippen molar-refractivity contribution in [1.82, 2.24) is 10.9 Å². The number of amides is 3. The van der Waals surface area contributed by atoms with Gasteiger partial charge in [0, 0.05) is 33.7 Å².